The summed E-state index contributed by atoms with van der Waals surface area (Å²) in [5, 5.41) is 9.72. The fraction of sp³-hybridized carbons (Fsp3) is 0.800. The van der Waals surface area contributed by atoms with Crippen LogP contribution in [-0.4, -0.2) is 67.1 Å². The number of carbonyl (C=O) groups excluding carboxylic acids is 3. The number of halogens is 3. The van der Waals surface area contributed by atoms with Gasteiger partial charge in [0.25, 0.3) is 5.17 Å². The maximum absolute atomic E-state index is 12.9. The summed E-state index contributed by atoms with van der Waals surface area (Å²) >= 11 is 4.68. The smallest absolute Gasteiger partial charge is 0.422 e. The van der Waals surface area contributed by atoms with Gasteiger partial charge in [-0.15, -0.1) is 0 Å². The van der Waals surface area contributed by atoms with E-state index in [1.807, 2.05) is 13.8 Å². The summed E-state index contributed by atoms with van der Waals surface area (Å²) in [6, 6.07) is -1.86. The number of hydrogen-bond acceptors (Lipinski definition) is 6. The highest BCUT2D eigenvalue weighted by Crippen LogP contribution is 2.14. The number of amides is 3. The van der Waals surface area contributed by atoms with Gasteiger partial charge in [0, 0.05) is 13.6 Å². The molecule has 3 atom stereocenters. The molecular weight excluding hydrogens is 465 g/mol. The van der Waals surface area contributed by atoms with Crippen molar-refractivity contribution in [1.82, 2.24) is 21.3 Å². The number of hydrogen-bond donors (Lipinski definition) is 4. The molecule has 9 nitrogen and oxygen atoms in total. The molecule has 0 unspecified atom stereocenters. The second kappa shape index (κ2) is 14.1. The molecule has 0 saturated carbocycles. The number of carbonyl (C=O) groups is 3. The van der Waals surface area contributed by atoms with Crippen LogP contribution in [0.25, 0.3) is 0 Å². The van der Waals surface area contributed by atoms with Gasteiger partial charge >= 0.3 is 12.3 Å². The molecule has 0 aromatic heterocycles. The van der Waals surface area contributed by atoms with Crippen molar-refractivity contribution in [3.05, 3.63) is 0 Å². The van der Waals surface area contributed by atoms with Crippen LogP contribution in [0.3, 0.4) is 0 Å². The SMILES string of the molecule is CC[C@H](C)[C@H](NC(=O)[C@H](CCCNC(=S)OCC(F)(F)F)NC(=O)OC(C)(C)C)C(=O)NC. The Morgan fingerprint density at radius 2 is 1.67 bits per heavy atom. The van der Waals surface area contributed by atoms with E-state index in [1.165, 1.54) is 7.05 Å². The zero-order valence-corrected chi connectivity index (χ0v) is 20.7. The summed E-state index contributed by atoms with van der Waals surface area (Å²) in [6.45, 7) is 7.26. The van der Waals surface area contributed by atoms with E-state index >= 15 is 0 Å². The third kappa shape index (κ3) is 14.5. The van der Waals surface area contributed by atoms with Crippen molar-refractivity contribution in [3.8, 4) is 0 Å². The number of ether oxygens (including phenoxy) is 2. The quantitative estimate of drug-likeness (QED) is 0.254. The Hall–Kier alpha value is -2.31. The number of rotatable bonds is 11. The predicted octanol–water partition coefficient (Wildman–Crippen LogP) is 2.39. The second-order valence-electron chi connectivity index (χ2n) is 8.45. The van der Waals surface area contributed by atoms with Crippen molar-refractivity contribution < 1.29 is 37.0 Å². The van der Waals surface area contributed by atoms with Crippen LogP contribution in [0.15, 0.2) is 0 Å². The molecule has 0 rings (SSSR count). The number of alkyl carbamates (subject to hydrolysis) is 1. The summed E-state index contributed by atoms with van der Waals surface area (Å²) in [5.74, 6) is -1.13. The van der Waals surface area contributed by atoms with E-state index in [2.05, 4.69) is 38.2 Å². The van der Waals surface area contributed by atoms with Crippen molar-refractivity contribution >= 4 is 35.3 Å². The molecule has 0 fully saturated rings. The van der Waals surface area contributed by atoms with Gasteiger partial charge in [0.1, 0.15) is 17.7 Å². The molecule has 192 valence electrons. The van der Waals surface area contributed by atoms with Crippen LogP contribution in [0.2, 0.25) is 0 Å². The molecule has 0 saturated heterocycles. The van der Waals surface area contributed by atoms with Gasteiger partial charge in [0.2, 0.25) is 11.8 Å². The Kier molecular flexibility index (Phi) is 13.1. The average molecular weight is 501 g/mol. The number of nitrogens with one attached hydrogen (secondary N) is 4. The normalized spacial score (nSPS) is 14.3. The predicted molar refractivity (Wildman–Crippen MR) is 120 cm³/mol. The molecule has 33 heavy (non-hydrogen) atoms. The molecule has 0 aliphatic carbocycles. The van der Waals surface area contributed by atoms with Crippen molar-refractivity contribution in [3.63, 3.8) is 0 Å². The number of alkyl halides is 3. The van der Waals surface area contributed by atoms with Gasteiger partial charge in [0.05, 0.1) is 0 Å². The standard InChI is InChI=1S/C20H35F3N4O5S/c1-7-12(2)14(16(29)24-6)27-15(28)13(26-17(30)32-19(3,4)5)9-8-10-25-18(33)31-11-20(21,22)23/h12-14H,7-11H2,1-6H3,(H,24,29)(H,25,33)(H,26,30)(H,27,28)/t12-,13-,14-/m0/s1. The lowest BCUT2D eigenvalue weighted by Gasteiger charge is -2.27. The van der Waals surface area contributed by atoms with Crippen LogP contribution >= 0.6 is 12.2 Å². The topological polar surface area (TPSA) is 118 Å². The molecule has 0 heterocycles. The minimum Gasteiger partial charge on any atom is -0.461 e. The van der Waals surface area contributed by atoms with Crippen LogP contribution in [0.4, 0.5) is 18.0 Å². The maximum atomic E-state index is 12.9. The highest BCUT2D eigenvalue weighted by molar-refractivity contribution is 7.80. The summed E-state index contributed by atoms with van der Waals surface area (Å²) < 4.78 is 46.1. The monoisotopic (exact) mass is 500 g/mol. The molecule has 0 radical (unpaired) electrons. The molecule has 0 aromatic carbocycles. The lowest BCUT2D eigenvalue weighted by molar-refractivity contribution is -0.156. The van der Waals surface area contributed by atoms with Crippen LogP contribution in [0.5, 0.6) is 0 Å². The molecule has 13 heteroatoms. The third-order valence-corrected chi connectivity index (χ3v) is 4.62. The van der Waals surface area contributed by atoms with Crippen molar-refractivity contribution in [2.24, 2.45) is 5.92 Å². The highest BCUT2D eigenvalue weighted by Gasteiger charge is 2.31. The fourth-order valence-electron chi connectivity index (χ4n) is 2.52. The molecule has 0 spiro atoms. The van der Waals surface area contributed by atoms with E-state index in [0.717, 1.165) is 0 Å². The first kappa shape index (κ1) is 30.7. The van der Waals surface area contributed by atoms with E-state index in [1.54, 1.807) is 20.8 Å². The maximum Gasteiger partial charge on any atom is 0.422 e. The minimum absolute atomic E-state index is 0.0979. The lowest BCUT2D eigenvalue weighted by atomic mass is 9.97. The van der Waals surface area contributed by atoms with Gasteiger partial charge in [-0.3, -0.25) is 9.59 Å². The first-order valence-corrected chi connectivity index (χ1v) is 11.0. The zero-order valence-electron chi connectivity index (χ0n) is 19.9. The van der Waals surface area contributed by atoms with Gasteiger partial charge in [-0.2, -0.15) is 13.2 Å². The van der Waals surface area contributed by atoms with E-state index < -0.39 is 47.6 Å². The largest absolute Gasteiger partial charge is 0.461 e. The van der Waals surface area contributed by atoms with Gasteiger partial charge in [-0.1, -0.05) is 20.3 Å². The number of likely N-dealkylation sites (N-methyl/N-ethyl adjacent to an activating group) is 1. The lowest BCUT2D eigenvalue weighted by Crippen LogP contribution is -2.55. The van der Waals surface area contributed by atoms with Crippen LogP contribution in [-0.2, 0) is 19.1 Å². The van der Waals surface area contributed by atoms with Crippen molar-refractivity contribution in [2.75, 3.05) is 20.2 Å². The molecule has 0 aliphatic rings. The Balaban J connectivity index is 5.09. The van der Waals surface area contributed by atoms with Gasteiger partial charge in [0.15, 0.2) is 6.61 Å². The Morgan fingerprint density at radius 3 is 2.15 bits per heavy atom. The van der Waals surface area contributed by atoms with Crippen LogP contribution in [0, 0.1) is 5.92 Å². The van der Waals surface area contributed by atoms with Crippen molar-refractivity contribution in [1.29, 1.82) is 0 Å². The van der Waals surface area contributed by atoms with E-state index in [9.17, 15) is 27.6 Å². The summed E-state index contributed by atoms with van der Waals surface area (Å²) in [7, 11) is 1.45. The van der Waals surface area contributed by atoms with Crippen molar-refractivity contribution in [2.45, 2.75) is 77.7 Å². The zero-order chi connectivity index (χ0) is 25.8. The van der Waals surface area contributed by atoms with Gasteiger partial charge < -0.3 is 30.7 Å². The molecular formula is C20H35F3N4O5S. The van der Waals surface area contributed by atoms with E-state index in [-0.39, 0.29) is 31.2 Å². The van der Waals surface area contributed by atoms with E-state index in [0.29, 0.717) is 6.42 Å². The summed E-state index contributed by atoms with van der Waals surface area (Å²) in [6.07, 6.45) is -4.36. The van der Waals surface area contributed by atoms with Crippen LogP contribution in [0.1, 0.15) is 53.9 Å². The molecule has 0 aromatic rings. The molecule has 3 amide bonds. The van der Waals surface area contributed by atoms with Gasteiger partial charge in [-0.05, 0) is 51.7 Å². The first-order chi connectivity index (χ1) is 15.1. The summed E-state index contributed by atoms with van der Waals surface area (Å²) in [4.78, 5) is 37.3. The molecule has 4 N–H and O–H groups in total. The minimum atomic E-state index is -4.51. The fourth-order valence-corrected chi connectivity index (χ4v) is 2.69. The number of thiocarbonyl (C=S) groups is 1. The van der Waals surface area contributed by atoms with Crippen LogP contribution < -0.4 is 21.3 Å². The van der Waals surface area contributed by atoms with E-state index in [4.69, 9.17) is 4.74 Å². The molecule has 0 bridgehead atoms. The second-order valence-corrected chi connectivity index (χ2v) is 8.82. The van der Waals surface area contributed by atoms with Gasteiger partial charge in [-0.25, -0.2) is 4.79 Å². The average Bonchev–Trinajstić information content (AvgIpc) is 2.69. The first-order valence-electron chi connectivity index (χ1n) is 10.6. The highest BCUT2D eigenvalue weighted by atomic mass is 32.1. The Labute approximate surface area is 197 Å². The third-order valence-electron chi connectivity index (χ3n) is 4.35. The Morgan fingerprint density at radius 1 is 1.06 bits per heavy atom. The summed E-state index contributed by atoms with van der Waals surface area (Å²) in [5.41, 5.74) is -0.796. The molecule has 0 aliphatic heterocycles. The Bertz CT molecular complexity index is 671.